The minimum Gasteiger partial charge on any atom is -0.455 e. The fourth-order valence-electron chi connectivity index (χ4n) is 16.7. The van der Waals surface area contributed by atoms with Crippen LogP contribution in [0.15, 0.2) is 370 Å². The number of anilines is 12. The molecule has 466 valence electrons. The van der Waals surface area contributed by atoms with Gasteiger partial charge in [-0.3, -0.25) is 0 Å². The highest BCUT2D eigenvalue weighted by atomic mass is 32.2. The molecular weight excluding hydrogens is 1250 g/mol. The first-order valence-electron chi connectivity index (χ1n) is 34.2. The first-order chi connectivity index (χ1) is 49.6. The van der Waals surface area contributed by atoms with Gasteiger partial charge in [-0.2, -0.15) is 0 Å². The summed E-state index contributed by atoms with van der Waals surface area (Å²) in [6.45, 7) is -0.266. The molecule has 15 aromatic carbocycles. The van der Waals surface area contributed by atoms with Crippen LogP contribution in [0.1, 0.15) is 0 Å². The average molecular weight is 1310 g/mol. The third-order valence-electron chi connectivity index (χ3n) is 20.8. The van der Waals surface area contributed by atoms with Crippen molar-refractivity contribution < 1.29 is 4.42 Å². The van der Waals surface area contributed by atoms with Crippen molar-refractivity contribution in [1.82, 2.24) is 4.57 Å². The van der Waals surface area contributed by atoms with Crippen molar-refractivity contribution in [3.63, 3.8) is 0 Å². The van der Waals surface area contributed by atoms with Gasteiger partial charge in [0.15, 0.2) is 0 Å². The lowest BCUT2D eigenvalue weighted by Crippen LogP contribution is -2.64. The van der Waals surface area contributed by atoms with Gasteiger partial charge in [-0.05, 0) is 149 Å². The summed E-state index contributed by atoms with van der Waals surface area (Å²) < 4.78 is 9.40. The Morgan fingerprint density at radius 3 is 1.33 bits per heavy atom. The minimum atomic E-state index is -0.152. The van der Waals surface area contributed by atoms with Crippen molar-refractivity contribution in [3.05, 3.63) is 346 Å². The van der Waals surface area contributed by atoms with Gasteiger partial charge in [0.25, 0.3) is 0 Å². The van der Waals surface area contributed by atoms with E-state index in [1.807, 2.05) is 23.5 Å². The van der Waals surface area contributed by atoms with E-state index in [2.05, 4.69) is 370 Å². The van der Waals surface area contributed by atoms with E-state index in [0.29, 0.717) is 0 Å². The van der Waals surface area contributed by atoms with Gasteiger partial charge < -0.3 is 28.6 Å². The van der Waals surface area contributed by atoms with Gasteiger partial charge in [-0.25, -0.2) is 0 Å². The molecular formula is C90H57B2N5OS2. The molecule has 0 saturated carbocycles. The molecule has 0 unspecified atom stereocenters. The van der Waals surface area contributed by atoms with E-state index in [1.54, 1.807) is 0 Å². The molecule has 0 aliphatic carbocycles. The van der Waals surface area contributed by atoms with E-state index in [4.69, 9.17) is 4.42 Å². The molecule has 0 atom stereocenters. The summed E-state index contributed by atoms with van der Waals surface area (Å²) >= 11 is 3.80. The van der Waals surface area contributed by atoms with Crippen LogP contribution in [-0.4, -0.2) is 18.0 Å². The van der Waals surface area contributed by atoms with E-state index in [1.165, 1.54) is 63.1 Å². The number of para-hydroxylation sites is 12. The van der Waals surface area contributed by atoms with Gasteiger partial charge in [-0.15, -0.1) is 0 Å². The molecule has 10 heteroatoms. The smallest absolute Gasteiger partial charge is 0.249 e. The molecule has 6 heterocycles. The third kappa shape index (κ3) is 8.70. The monoisotopic (exact) mass is 1310 g/mol. The third-order valence-corrected chi connectivity index (χ3v) is 23.1. The maximum absolute atomic E-state index is 6.90. The SMILES string of the molecule is c1ccc(N(c2ccccc2)c2cc3c4c(c2)N(c2ccccc2-c2cccc5c2oc2ccccc25)c2ccccc2B4c2cc4c(cc2S3)N(c2ccccc2-n2c3ccccc3c3ccccc32)c2cc(N(c3ccccc3)c3ccccc3)cc3c2B4c2ccccc2S3)cc1. The van der Waals surface area contributed by atoms with Crippen molar-refractivity contribution in [2.75, 3.05) is 19.6 Å². The lowest BCUT2D eigenvalue weighted by Gasteiger charge is -2.44. The standard InChI is InChI=1S/C90H57B2N5OS2/c1-5-28-58(29-6-1)93(59-30-7-2-8-31-59)62-52-81-88-87(55-62)100-85-57-80-72(56-73(85)91(88)70-42-17-22-47-77(70)96(81)76-46-21-15-38-66(76)68-40-27-41-69-67-39-16-25-50-83(67)98-90(68)69)92-71-43-18-26-51-84(71)99-86-54-63(94(60-32-9-3-10-33-60)61-34-11-4-12-35-61)53-82(89(86)92)97(80)79-49-24-23-48-78(79)95-74-44-19-13-36-64(74)65-37-14-20-45-75(65)95/h1-57H. The summed E-state index contributed by atoms with van der Waals surface area (Å²) in [6.07, 6.45) is 0. The Morgan fingerprint density at radius 1 is 0.260 bits per heavy atom. The second-order valence-corrected chi connectivity index (χ2v) is 28.4. The Bertz CT molecular complexity index is 6050. The summed E-state index contributed by atoms with van der Waals surface area (Å²) in [5.41, 5.74) is 28.3. The number of fused-ring (bicyclic) bond motifs is 14. The highest BCUT2D eigenvalue weighted by Crippen LogP contribution is 2.53. The van der Waals surface area contributed by atoms with Crippen LogP contribution in [0, 0.1) is 0 Å². The zero-order valence-corrected chi connectivity index (χ0v) is 55.7. The molecule has 0 saturated heterocycles. The summed E-state index contributed by atoms with van der Waals surface area (Å²) in [6, 6.07) is 128. The molecule has 17 aromatic rings. The molecule has 0 bridgehead atoms. The Labute approximate surface area is 588 Å². The molecule has 0 fully saturated rings. The Kier molecular flexibility index (Phi) is 13.0. The van der Waals surface area contributed by atoms with Gasteiger partial charge in [0.1, 0.15) is 11.2 Å². The number of aromatic nitrogens is 1. The average Bonchev–Trinajstić information content (AvgIpc) is 0.719. The van der Waals surface area contributed by atoms with E-state index in [-0.39, 0.29) is 13.4 Å². The van der Waals surface area contributed by atoms with Gasteiger partial charge in [0.05, 0.1) is 28.1 Å². The Hall–Kier alpha value is -12.1. The lowest BCUT2D eigenvalue weighted by molar-refractivity contribution is 0.670. The molecule has 4 aliphatic rings. The first-order valence-corrected chi connectivity index (χ1v) is 35.8. The predicted octanol–water partition coefficient (Wildman–Crippen LogP) is 20.8. The zero-order chi connectivity index (χ0) is 65.5. The van der Waals surface area contributed by atoms with Crippen LogP contribution < -0.4 is 52.4 Å². The number of benzene rings is 15. The van der Waals surface area contributed by atoms with Crippen molar-refractivity contribution in [1.29, 1.82) is 0 Å². The number of hydrogen-bond donors (Lipinski definition) is 0. The molecule has 0 amide bonds. The van der Waals surface area contributed by atoms with Gasteiger partial charge in [0.2, 0.25) is 13.4 Å². The fourth-order valence-corrected chi connectivity index (χ4v) is 19.1. The quantitative estimate of drug-likeness (QED) is 0.126. The predicted molar refractivity (Wildman–Crippen MR) is 423 cm³/mol. The number of furan rings is 1. The summed E-state index contributed by atoms with van der Waals surface area (Å²) in [4.78, 5) is 15.0. The van der Waals surface area contributed by atoms with E-state index in [0.717, 1.165) is 118 Å². The van der Waals surface area contributed by atoms with E-state index >= 15 is 0 Å². The van der Waals surface area contributed by atoms with Crippen LogP contribution >= 0.6 is 23.5 Å². The minimum absolute atomic E-state index is 0.114. The van der Waals surface area contributed by atoms with Crippen LogP contribution in [0.25, 0.3) is 60.6 Å². The van der Waals surface area contributed by atoms with Crippen LogP contribution in [0.4, 0.5) is 68.2 Å². The second kappa shape index (κ2) is 22.8. The summed E-state index contributed by atoms with van der Waals surface area (Å²) in [5, 5.41) is 4.65. The first kappa shape index (κ1) is 57.0. The lowest BCUT2D eigenvalue weighted by atomic mass is 9.31. The molecule has 21 rings (SSSR count). The Balaban J connectivity index is 0.847. The normalized spacial score (nSPS) is 13.0. The van der Waals surface area contributed by atoms with Crippen LogP contribution in [0.5, 0.6) is 0 Å². The Morgan fingerprint density at radius 2 is 0.710 bits per heavy atom. The molecule has 0 radical (unpaired) electrons. The van der Waals surface area contributed by atoms with Gasteiger partial charge >= 0.3 is 0 Å². The molecule has 0 N–H and O–H groups in total. The topological polar surface area (TPSA) is 31.0 Å². The molecule has 6 nitrogen and oxygen atoms in total. The van der Waals surface area contributed by atoms with Gasteiger partial charge in [0, 0.05) is 109 Å². The van der Waals surface area contributed by atoms with Crippen molar-refractivity contribution in [3.8, 4) is 16.8 Å². The molecule has 2 aromatic heterocycles. The maximum Gasteiger partial charge on any atom is 0.249 e. The van der Waals surface area contributed by atoms with E-state index in [9.17, 15) is 0 Å². The van der Waals surface area contributed by atoms with Crippen LogP contribution in [0.2, 0.25) is 0 Å². The largest absolute Gasteiger partial charge is 0.455 e. The maximum atomic E-state index is 6.90. The van der Waals surface area contributed by atoms with Crippen molar-refractivity contribution in [2.24, 2.45) is 0 Å². The summed E-state index contributed by atoms with van der Waals surface area (Å²) in [7, 11) is 0. The van der Waals surface area contributed by atoms with Gasteiger partial charge in [-0.1, -0.05) is 253 Å². The molecule has 100 heavy (non-hydrogen) atoms. The number of hydrogen-bond acceptors (Lipinski definition) is 7. The molecule has 0 spiro atoms. The van der Waals surface area contributed by atoms with Crippen LogP contribution in [-0.2, 0) is 0 Å². The highest BCUT2D eigenvalue weighted by molar-refractivity contribution is 8.00. The number of nitrogens with zero attached hydrogens (tertiary/aromatic N) is 5. The zero-order valence-electron chi connectivity index (χ0n) is 54.0. The van der Waals surface area contributed by atoms with Crippen LogP contribution in [0.3, 0.4) is 0 Å². The number of rotatable bonds is 10. The van der Waals surface area contributed by atoms with E-state index < -0.39 is 0 Å². The second-order valence-electron chi connectivity index (χ2n) is 26.2. The van der Waals surface area contributed by atoms with Crippen molar-refractivity contribution >= 4 is 182 Å². The highest BCUT2D eigenvalue weighted by Gasteiger charge is 2.47. The van der Waals surface area contributed by atoms with Crippen molar-refractivity contribution in [2.45, 2.75) is 19.6 Å². The summed E-state index contributed by atoms with van der Waals surface area (Å²) in [5.74, 6) is 0. The fraction of sp³-hybridized carbons (Fsp3) is 0. The molecule has 4 aliphatic heterocycles.